The quantitative estimate of drug-likeness (QED) is 0.820. The Morgan fingerprint density at radius 3 is 2.88 bits per heavy atom. The van der Waals surface area contributed by atoms with Gasteiger partial charge in [0.05, 0.1) is 0 Å². The van der Waals surface area contributed by atoms with Gasteiger partial charge in [0, 0.05) is 11.7 Å². The average molecular weight is 254 g/mol. The minimum atomic E-state index is -0.825. The number of aromatic nitrogens is 3. The van der Waals surface area contributed by atoms with Crippen molar-refractivity contribution in [1.82, 2.24) is 14.9 Å². The zero-order valence-electron chi connectivity index (χ0n) is 9.30. The standard InChI is InChI=1S/C10H14N4O2S/c15-9(16)7-5-17-10-12-11-8(14(10)13-7)6-3-1-2-4-6/h6-7,13H,1-5H2,(H,15,16). The molecule has 2 N–H and O–H groups in total. The molecule has 1 aromatic rings. The first-order valence-corrected chi connectivity index (χ1v) is 6.81. The lowest BCUT2D eigenvalue weighted by molar-refractivity contribution is -0.137. The SMILES string of the molecule is O=C(O)C1CSc2nnc(C3CCCC3)n2N1. The first-order chi connectivity index (χ1) is 8.25. The Labute approximate surface area is 103 Å². The predicted molar refractivity (Wildman–Crippen MR) is 62.7 cm³/mol. The van der Waals surface area contributed by atoms with Gasteiger partial charge in [-0.2, -0.15) is 0 Å². The lowest BCUT2D eigenvalue weighted by atomic mass is 10.1. The molecular formula is C10H14N4O2S. The number of hydrogen-bond donors (Lipinski definition) is 2. The van der Waals surface area contributed by atoms with Gasteiger partial charge in [0.2, 0.25) is 5.16 Å². The Bertz CT molecular complexity index is 442. The van der Waals surface area contributed by atoms with Crippen molar-refractivity contribution in [2.75, 3.05) is 11.2 Å². The van der Waals surface area contributed by atoms with Gasteiger partial charge in [-0.15, -0.1) is 10.2 Å². The molecule has 1 aliphatic carbocycles. The Morgan fingerprint density at radius 2 is 2.18 bits per heavy atom. The monoisotopic (exact) mass is 254 g/mol. The van der Waals surface area contributed by atoms with Gasteiger partial charge in [0.1, 0.15) is 6.04 Å². The number of rotatable bonds is 2. The molecule has 17 heavy (non-hydrogen) atoms. The number of fused-ring (bicyclic) bond motifs is 1. The number of carboxylic acids is 1. The summed E-state index contributed by atoms with van der Waals surface area (Å²) < 4.78 is 1.78. The molecule has 7 heteroatoms. The molecule has 2 heterocycles. The van der Waals surface area contributed by atoms with Gasteiger partial charge >= 0.3 is 5.97 Å². The van der Waals surface area contributed by atoms with Gasteiger partial charge in [0.15, 0.2) is 5.82 Å². The highest BCUT2D eigenvalue weighted by molar-refractivity contribution is 7.99. The molecule has 0 radical (unpaired) electrons. The molecule has 0 aromatic carbocycles. The van der Waals surface area contributed by atoms with E-state index < -0.39 is 12.0 Å². The Kier molecular flexibility index (Phi) is 2.70. The van der Waals surface area contributed by atoms with Gasteiger partial charge in [0.25, 0.3) is 0 Å². The summed E-state index contributed by atoms with van der Waals surface area (Å²) in [7, 11) is 0. The lowest BCUT2D eigenvalue weighted by Gasteiger charge is -2.24. The van der Waals surface area contributed by atoms with E-state index in [0.717, 1.165) is 23.8 Å². The van der Waals surface area contributed by atoms with E-state index in [0.29, 0.717) is 11.7 Å². The minimum absolute atomic E-state index is 0.428. The zero-order valence-corrected chi connectivity index (χ0v) is 10.1. The van der Waals surface area contributed by atoms with Crippen LogP contribution in [0.3, 0.4) is 0 Å². The van der Waals surface area contributed by atoms with E-state index in [9.17, 15) is 4.79 Å². The molecule has 0 saturated heterocycles. The second-order valence-corrected chi connectivity index (χ2v) is 5.48. The molecule has 1 saturated carbocycles. The Hall–Kier alpha value is -1.24. The summed E-state index contributed by atoms with van der Waals surface area (Å²) >= 11 is 1.45. The summed E-state index contributed by atoms with van der Waals surface area (Å²) in [5, 5.41) is 18.1. The first-order valence-electron chi connectivity index (χ1n) is 5.83. The third-order valence-electron chi connectivity index (χ3n) is 3.34. The maximum Gasteiger partial charge on any atom is 0.328 e. The second-order valence-electron chi connectivity index (χ2n) is 4.49. The van der Waals surface area contributed by atoms with E-state index in [1.807, 2.05) is 0 Å². The number of nitrogens with one attached hydrogen (secondary N) is 1. The number of carbonyl (C=O) groups is 1. The van der Waals surface area contributed by atoms with Crippen LogP contribution in [-0.4, -0.2) is 37.7 Å². The normalized spacial score (nSPS) is 24.4. The van der Waals surface area contributed by atoms with Crippen LogP contribution in [0, 0.1) is 0 Å². The molecule has 1 unspecified atom stereocenters. The number of aliphatic carboxylic acids is 1. The fraction of sp³-hybridized carbons (Fsp3) is 0.700. The highest BCUT2D eigenvalue weighted by atomic mass is 32.2. The highest BCUT2D eigenvalue weighted by Crippen LogP contribution is 2.35. The van der Waals surface area contributed by atoms with Crippen LogP contribution in [0.4, 0.5) is 0 Å². The maximum atomic E-state index is 11.0. The summed E-state index contributed by atoms with van der Waals surface area (Å²) in [6, 6.07) is -0.552. The summed E-state index contributed by atoms with van der Waals surface area (Å²) in [6.07, 6.45) is 4.70. The van der Waals surface area contributed by atoms with Crippen molar-refractivity contribution >= 4 is 17.7 Å². The molecule has 1 aromatic heterocycles. The van der Waals surface area contributed by atoms with Crippen LogP contribution >= 0.6 is 11.8 Å². The third-order valence-corrected chi connectivity index (χ3v) is 4.36. The van der Waals surface area contributed by atoms with Crippen LogP contribution in [0.5, 0.6) is 0 Å². The summed E-state index contributed by atoms with van der Waals surface area (Å²) in [6.45, 7) is 0. The average Bonchev–Trinajstić information content (AvgIpc) is 2.96. The van der Waals surface area contributed by atoms with Crippen LogP contribution in [0.15, 0.2) is 5.16 Å². The van der Waals surface area contributed by atoms with Crippen molar-refractivity contribution in [1.29, 1.82) is 0 Å². The molecule has 0 bridgehead atoms. The number of nitrogens with zero attached hydrogens (tertiary/aromatic N) is 3. The van der Waals surface area contributed by atoms with Crippen molar-refractivity contribution < 1.29 is 9.90 Å². The van der Waals surface area contributed by atoms with E-state index in [1.165, 1.54) is 24.6 Å². The van der Waals surface area contributed by atoms with Crippen molar-refractivity contribution in [3.05, 3.63) is 5.82 Å². The first kappa shape index (κ1) is 10.9. The molecule has 0 amide bonds. The largest absolute Gasteiger partial charge is 0.480 e. The van der Waals surface area contributed by atoms with Gasteiger partial charge in [-0.3, -0.25) is 0 Å². The van der Waals surface area contributed by atoms with Gasteiger partial charge in [-0.25, -0.2) is 9.47 Å². The topological polar surface area (TPSA) is 80.0 Å². The molecule has 1 aliphatic heterocycles. The van der Waals surface area contributed by atoms with E-state index in [1.54, 1.807) is 4.68 Å². The number of carboxylic acid groups (broad SMARTS) is 1. The summed E-state index contributed by atoms with van der Waals surface area (Å²) in [4.78, 5) is 11.0. The van der Waals surface area contributed by atoms with Gasteiger partial charge in [-0.05, 0) is 12.8 Å². The Balaban J connectivity index is 1.88. The van der Waals surface area contributed by atoms with Crippen LogP contribution in [-0.2, 0) is 4.79 Å². The van der Waals surface area contributed by atoms with Crippen molar-refractivity contribution in [2.24, 2.45) is 0 Å². The summed E-state index contributed by atoms with van der Waals surface area (Å²) in [5.41, 5.74) is 2.99. The molecule has 6 nitrogen and oxygen atoms in total. The molecule has 3 rings (SSSR count). The number of thioether (sulfide) groups is 1. The molecule has 1 fully saturated rings. The van der Waals surface area contributed by atoms with Crippen LogP contribution in [0.1, 0.15) is 37.4 Å². The van der Waals surface area contributed by atoms with E-state index >= 15 is 0 Å². The Morgan fingerprint density at radius 1 is 1.41 bits per heavy atom. The molecular weight excluding hydrogens is 240 g/mol. The van der Waals surface area contributed by atoms with E-state index in [4.69, 9.17) is 5.11 Å². The summed E-state index contributed by atoms with van der Waals surface area (Å²) in [5.74, 6) is 1.00. The second kappa shape index (κ2) is 4.21. The zero-order chi connectivity index (χ0) is 11.8. The minimum Gasteiger partial charge on any atom is -0.480 e. The predicted octanol–water partition coefficient (Wildman–Crippen LogP) is 1.04. The highest BCUT2D eigenvalue weighted by Gasteiger charge is 2.31. The van der Waals surface area contributed by atoms with Crippen molar-refractivity contribution in [2.45, 2.75) is 42.8 Å². The van der Waals surface area contributed by atoms with Gasteiger partial charge < -0.3 is 10.5 Å². The maximum absolute atomic E-state index is 11.0. The molecule has 0 spiro atoms. The fourth-order valence-corrected chi connectivity index (χ4v) is 3.33. The van der Waals surface area contributed by atoms with E-state index in [-0.39, 0.29) is 0 Å². The molecule has 2 aliphatic rings. The lowest BCUT2D eigenvalue weighted by Crippen LogP contribution is -2.41. The smallest absolute Gasteiger partial charge is 0.328 e. The van der Waals surface area contributed by atoms with Crippen molar-refractivity contribution in [3.8, 4) is 0 Å². The van der Waals surface area contributed by atoms with Crippen LogP contribution in [0.25, 0.3) is 0 Å². The van der Waals surface area contributed by atoms with Crippen molar-refractivity contribution in [3.63, 3.8) is 0 Å². The van der Waals surface area contributed by atoms with Gasteiger partial charge in [-0.1, -0.05) is 24.6 Å². The molecule has 92 valence electrons. The van der Waals surface area contributed by atoms with E-state index in [2.05, 4.69) is 15.6 Å². The van der Waals surface area contributed by atoms with Crippen LogP contribution in [0.2, 0.25) is 0 Å². The third kappa shape index (κ3) is 1.88. The molecule has 1 atom stereocenters. The number of hydrogen-bond acceptors (Lipinski definition) is 5. The van der Waals surface area contributed by atoms with Crippen LogP contribution < -0.4 is 5.43 Å². The fourth-order valence-electron chi connectivity index (χ4n) is 2.42.